The smallest absolute Gasteiger partial charge is 0.240 e. The largest absolute Gasteiger partial charge is 0.399 e. The van der Waals surface area contributed by atoms with Crippen LogP contribution in [0.15, 0.2) is 29.2 Å². The molecule has 0 atom stereocenters. The predicted molar refractivity (Wildman–Crippen MR) is 55.1 cm³/mol. The van der Waals surface area contributed by atoms with Crippen molar-refractivity contribution in [2.75, 3.05) is 18.8 Å². The molecule has 0 bridgehead atoms. The number of rotatable bonds is 4. The Kier molecular flexibility index (Phi) is 3.45. The number of hydrogen-bond donors (Lipinski definition) is 3. The zero-order chi connectivity index (χ0) is 10.6. The minimum atomic E-state index is -3.45. The van der Waals surface area contributed by atoms with Crippen LogP contribution < -0.4 is 16.2 Å². The summed E-state index contributed by atoms with van der Waals surface area (Å²) in [4.78, 5) is 0.158. The fourth-order valence-corrected chi connectivity index (χ4v) is 2.06. The summed E-state index contributed by atoms with van der Waals surface area (Å²) in [5.41, 5.74) is 11.1. The zero-order valence-electron chi connectivity index (χ0n) is 7.60. The van der Waals surface area contributed by atoms with Crippen molar-refractivity contribution in [3.8, 4) is 0 Å². The summed E-state index contributed by atoms with van der Waals surface area (Å²) in [6.07, 6.45) is 0. The van der Waals surface area contributed by atoms with Gasteiger partial charge in [0.1, 0.15) is 0 Å². The summed E-state index contributed by atoms with van der Waals surface area (Å²) in [6, 6.07) is 6.10. The highest BCUT2D eigenvalue weighted by Crippen LogP contribution is 2.11. The molecule has 5 nitrogen and oxygen atoms in total. The predicted octanol–water partition coefficient (Wildman–Crippen LogP) is -0.494. The molecule has 0 spiro atoms. The first-order chi connectivity index (χ1) is 6.56. The highest BCUT2D eigenvalue weighted by molar-refractivity contribution is 7.89. The summed E-state index contributed by atoms with van der Waals surface area (Å²) in [7, 11) is -3.45. The molecule has 0 heterocycles. The first-order valence-electron chi connectivity index (χ1n) is 4.11. The van der Waals surface area contributed by atoms with E-state index in [1.807, 2.05) is 0 Å². The first kappa shape index (κ1) is 11.0. The summed E-state index contributed by atoms with van der Waals surface area (Å²) in [5, 5.41) is 0. The van der Waals surface area contributed by atoms with Gasteiger partial charge in [-0.25, -0.2) is 13.1 Å². The van der Waals surface area contributed by atoms with E-state index in [0.29, 0.717) is 5.69 Å². The number of nitrogens with two attached hydrogens (primary N) is 2. The lowest BCUT2D eigenvalue weighted by molar-refractivity contribution is 0.582. The molecule has 1 aromatic carbocycles. The lowest BCUT2D eigenvalue weighted by Gasteiger charge is -2.05. The van der Waals surface area contributed by atoms with Gasteiger partial charge in [0.2, 0.25) is 10.0 Å². The second-order valence-electron chi connectivity index (χ2n) is 2.76. The molecule has 1 aromatic rings. The molecule has 0 aliphatic heterocycles. The Hall–Kier alpha value is -1.11. The van der Waals surface area contributed by atoms with Gasteiger partial charge in [0.15, 0.2) is 0 Å². The molecule has 0 aliphatic carbocycles. The Morgan fingerprint density at radius 1 is 1.36 bits per heavy atom. The molecule has 0 saturated carbocycles. The van der Waals surface area contributed by atoms with Gasteiger partial charge < -0.3 is 11.5 Å². The first-order valence-corrected chi connectivity index (χ1v) is 5.60. The Bertz CT molecular complexity index is 403. The molecule has 0 aliphatic rings. The molecule has 0 amide bonds. The van der Waals surface area contributed by atoms with Crippen LogP contribution in [0, 0.1) is 0 Å². The molecular formula is C8H13N3O2S. The molecule has 0 unspecified atom stereocenters. The van der Waals surface area contributed by atoms with Crippen LogP contribution >= 0.6 is 0 Å². The Labute approximate surface area is 83.2 Å². The second kappa shape index (κ2) is 4.41. The normalized spacial score (nSPS) is 11.5. The van der Waals surface area contributed by atoms with Crippen LogP contribution in [0.1, 0.15) is 0 Å². The van der Waals surface area contributed by atoms with Crippen molar-refractivity contribution in [1.29, 1.82) is 0 Å². The molecule has 78 valence electrons. The third-order valence-corrected chi connectivity index (χ3v) is 3.06. The quantitative estimate of drug-likeness (QED) is 0.590. The number of nitrogen functional groups attached to an aromatic ring is 1. The van der Waals surface area contributed by atoms with Crippen molar-refractivity contribution in [2.45, 2.75) is 4.90 Å². The molecule has 0 fully saturated rings. The summed E-state index contributed by atoms with van der Waals surface area (Å²) in [5.74, 6) is 0. The summed E-state index contributed by atoms with van der Waals surface area (Å²) in [6.45, 7) is 0.485. The fourth-order valence-electron chi connectivity index (χ4n) is 0.958. The van der Waals surface area contributed by atoms with Crippen LogP contribution in [0.5, 0.6) is 0 Å². The van der Waals surface area contributed by atoms with Gasteiger partial charge in [-0.05, 0) is 18.2 Å². The standard InChI is InChI=1S/C8H13N3O2S/c9-4-5-11-14(12,13)8-3-1-2-7(10)6-8/h1-3,6,11H,4-5,9-10H2. The van der Waals surface area contributed by atoms with Crippen LogP contribution in [0.3, 0.4) is 0 Å². The number of hydrogen-bond acceptors (Lipinski definition) is 4. The molecule has 0 radical (unpaired) electrons. The maximum absolute atomic E-state index is 11.5. The minimum Gasteiger partial charge on any atom is -0.399 e. The molecule has 6 heteroatoms. The van der Waals surface area contributed by atoms with Crippen LogP contribution in [-0.4, -0.2) is 21.5 Å². The molecule has 1 rings (SSSR count). The summed E-state index contributed by atoms with van der Waals surface area (Å²) >= 11 is 0. The number of benzene rings is 1. The van der Waals surface area contributed by atoms with Gasteiger partial charge in [0, 0.05) is 18.8 Å². The van der Waals surface area contributed by atoms with E-state index in [1.54, 1.807) is 12.1 Å². The van der Waals surface area contributed by atoms with E-state index >= 15 is 0 Å². The lowest BCUT2D eigenvalue weighted by Crippen LogP contribution is -2.29. The van der Waals surface area contributed by atoms with Crippen molar-refractivity contribution in [3.05, 3.63) is 24.3 Å². The van der Waals surface area contributed by atoms with Gasteiger partial charge in [0.25, 0.3) is 0 Å². The van der Waals surface area contributed by atoms with Crippen LogP contribution in [0.2, 0.25) is 0 Å². The van der Waals surface area contributed by atoms with Gasteiger partial charge in [-0.1, -0.05) is 6.07 Å². The topological polar surface area (TPSA) is 98.2 Å². The third-order valence-electron chi connectivity index (χ3n) is 1.60. The van der Waals surface area contributed by atoms with Crippen LogP contribution in [0.4, 0.5) is 5.69 Å². The maximum atomic E-state index is 11.5. The average molecular weight is 215 g/mol. The SMILES string of the molecule is NCCNS(=O)(=O)c1cccc(N)c1. The maximum Gasteiger partial charge on any atom is 0.240 e. The monoisotopic (exact) mass is 215 g/mol. The number of anilines is 1. The van der Waals surface area contributed by atoms with Crippen molar-refractivity contribution >= 4 is 15.7 Å². The van der Waals surface area contributed by atoms with Gasteiger partial charge in [0.05, 0.1) is 4.90 Å². The molecule has 0 aromatic heterocycles. The zero-order valence-corrected chi connectivity index (χ0v) is 8.42. The average Bonchev–Trinajstić information content (AvgIpc) is 2.15. The molecular weight excluding hydrogens is 202 g/mol. The summed E-state index contributed by atoms with van der Waals surface area (Å²) < 4.78 is 25.4. The Morgan fingerprint density at radius 3 is 2.64 bits per heavy atom. The second-order valence-corrected chi connectivity index (χ2v) is 4.53. The highest BCUT2D eigenvalue weighted by Gasteiger charge is 2.12. The van der Waals surface area contributed by atoms with Gasteiger partial charge in [-0.3, -0.25) is 0 Å². The molecule has 5 N–H and O–H groups in total. The highest BCUT2D eigenvalue weighted by atomic mass is 32.2. The fraction of sp³-hybridized carbons (Fsp3) is 0.250. The van der Waals surface area contributed by atoms with E-state index in [-0.39, 0.29) is 18.0 Å². The Morgan fingerprint density at radius 2 is 2.07 bits per heavy atom. The van der Waals surface area contributed by atoms with Gasteiger partial charge in [-0.2, -0.15) is 0 Å². The minimum absolute atomic E-state index is 0.158. The van der Waals surface area contributed by atoms with E-state index < -0.39 is 10.0 Å². The van der Waals surface area contributed by atoms with Gasteiger partial charge >= 0.3 is 0 Å². The molecule has 0 saturated heterocycles. The van der Waals surface area contributed by atoms with E-state index in [9.17, 15) is 8.42 Å². The van der Waals surface area contributed by atoms with E-state index in [1.165, 1.54) is 12.1 Å². The number of nitrogens with one attached hydrogen (secondary N) is 1. The lowest BCUT2D eigenvalue weighted by atomic mass is 10.3. The van der Waals surface area contributed by atoms with E-state index in [0.717, 1.165) is 0 Å². The molecule has 14 heavy (non-hydrogen) atoms. The van der Waals surface area contributed by atoms with Crippen molar-refractivity contribution in [3.63, 3.8) is 0 Å². The van der Waals surface area contributed by atoms with Gasteiger partial charge in [-0.15, -0.1) is 0 Å². The number of sulfonamides is 1. The van der Waals surface area contributed by atoms with Crippen molar-refractivity contribution in [1.82, 2.24) is 4.72 Å². The van der Waals surface area contributed by atoms with Crippen molar-refractivity contribution in [2.24, 2.45) is 5.73 Å². The third kappa shape index (κ3) is 2.69. The van der Waals surface area contributed by atoms with Crippen LogP contribution in [0.25, 0.3) is 0 Å². The van der Waals surface area contributed by atoms with Crippen molar-refractivity contribution < 1.29 is 8.42 Å². The van der Waals surface area contributed by atoms with E-state index in [2.05, 4.69) is 4.72 Å². The van der Waals surface area contributed by atoms with E-state index in [4.69, 9.17) is 11.5 Å². The Balaban J connectivity index is 2.93. The van der Waals surface area contributed by atoms with Crippen LogP contribution in [-0.2, 0) is 10.0 Å².